The summed E-state index contributed by atoms with van der Waals surface area (Å²) < 4.78 is 27.4. The first-order valence-corrected chi connectivity index (χ1v) is 10.6. The lowest BCUT2D eigenvalue weighted by atomic mass is 10.1. The number of benzene rings is 3. The number of amides is 1. The number of anilines is 1. The van der Waals surface area contributed by atoms with E-state index in [1.54, 1.807) is 48.5 Å². The molecule has 8 nitrogen and oxygen atoms in total. The Kier molecular flexibility index (Phi) is 6.51. The van der Waals surface area contributed by atoms with E-state index in [1.807, 2.05) is 0 Å². The third-order valence-electron chi connectivity index (χ3n) is 5.44. The van der Waals surface area contributed by atoms with Gasteiger partial charge in [0.05, 0.1) is 57.4 Å². The highest BCUT2D eigenvalue weighted by atomic mass is 35.5. The van der Waals surface area contributed by atoms with Crippen LogP contribution in [0.1, 0.15) is 26.3 Å². The predicted molar refractivity (Wildman–Crippen MR) is 126 cm³/mol. The van der Waals surface area contributed by atoms with Gasteiger partial charge in [-0.3, -0.25) is 9.69 Å². The van der Waals surface area contributed by atoms with Gasteiger partial charge in [-0.25, -0.2) is 4.79 Å². The number of rotatable bonds is 6. The number of carbonyl (C=O) groups excluding carboxylic acids is 2. The fraction of sp³-hybridized carbons (Fsp3) is 0.200. The zero-order valence-electron chi connectivity index (χ0n) is 19.0. The normalized spacial score (nSPS) is 12.1. The molecule has 0 spiro atoms. The highest BCUT2D eigenvalue weighted by Crippen LogP contribution is 2.43. The summed E-state index contributed by atoms with van der Waals surface area (Å²) in [5, 5.41) is 0.386. The molecule has 1 aliphatic rings. The highest BCUT2D eigenvalue weighted by molar-refractivity contribution is 6.31. The van der Waals surface area contributed by atoms with Crippen molar-refractivity contribution in [3.63, 3.8) is 0 Å². The molecule has 9 heteroatoms. The first kappa shape index (κ1) is 23.3. The van der Waals surface area contributed by atoms with E-state index in [0.29, 0.717) is 45.0 Å². The second-order valence-corrected chi connectivity index (χ2v) is 7.75. The Morgan fingerprint density at radius 2 is 1.59 bits per heavy atom. The number of ether oxygens (including phenoxy) is 5. The zero-order valence-corrected chi connectivity index (χ0v) is 19.8. The minimum Gasteiger partial charge on any atom is -0.496 e. The fourth-order valence-electron chi connectivity index (χ4n) is 3.74. The predicted octanol–water partition coefficient (Wildman–Crippen LogP) is 5.11. The van der Waals surface area contributed by atoms with E-state index in [9.17, 15) is 9.59 Å². The minimum absolute atomic E-state index is 0.0438. The molecule has 0 N–H and O–H groups in total. The van der Waals surface area contributed by atoms with E-state index in [-0.39, 0.29) is 23.6 Å². The van der Waals surface area contributed by atoms with Crippen molar-refractivity contribution >= 4 is 29.2 Å². The lowest BCUT2D eigenvalue weighted by Crippen LogP contribution is -2.30. The molecule has 34 heavy (non-hydrogen) atoms. The lowest BCUT2D eigenvalue weighted by Gasteiger charge is -2.25. The zero-order chi connectivity index (χ0) is 24.4. The van der Waals surface area contributed by atoms with Gasteiger partial charge in [0.1, 0.15) is 23.0 Å². The van der Waals surface area contributed by atoms with Crippen molar-refractivity contribution in [1.82, 2.24) is 0 Å². The van der Waals surface area contributed by atoms with Gasteiger partial charge < -0.3 is 23.7 Å². The first-order chi connectivity index (χ1) is 16.4. The molecule has 0 radical (unpaired) electrons. The van der Waals surface area contributed by atoms with Crippen LogP contribution in [0.2, 0.25) is 5.02 Å². The molecule has 0 atom stereocenters. The van der Waals surface area contributed by atoms with Crippen molar-refractivity contribution in [2.24, 2.45) is 0 Å². The number of carbonyl (C=O) groups is 2. The van der Waals surface area contributed by atoms with Crippen LogP contribution in [0.5, 0.6) is 28.7 Å². The molecule has 176 valence electrons. The molecule has 0 saturated carbocycles. The number of hydrogen-bond acceptors (Lipinski definition) is 7. The van der Waals surface area contributed by atoms with Crippen LogP contribution in [0.15, 0.2) is 48.5 Å². The van der Waals surface area contributed by atoms with Crippen LogP contribution >= 0.6 is 11.6 Å². The number of nitrogens with zero attached hydrogens (tertiary/aromatic N) is 1. The van der Waals surface area contributed by atoms with Crippen LogP contribution in [0.4, 0.5) is 5.69 Å². The molecule has 0 saturated heterocycles. The summed E-state index contributed by atoms with van der Waals surface area (Å²) in [6, 6.07) is 13.0. The number of esters is 1. The molecule has 0 unspecified atom stereocenters. The van der Waals surface area contributed by atoms with Gasteiger partial charge in [-0.2, -0.15) is 0 Å². The van der Waals surface area contributed by atoms with Crippen LogP contribution in [0.3, 0.4) is 0 Å². The monoisotopic (exact) mass is 483 g/mol. The Bertz CT molecular complexity index is 1250. The minimum atomic E-state index is -0.542. The average molecular weight is 484 g/mol. The van der Waals surface area contributed by atoms with Gasteiger partial charge in [-0.05, 0) is 36.4 Å². The molecule has 0 fully saturated rings. The van der Waals surface area contributed by atoms with Crippen molar-refractivity contribution in [1.29, 1.82) is 0 Å². The largest absolute Gasteiger partial charge is 0.496 e. The summed E-state index contributed by atoms with van der Waals surface area (Å²) in [6.07, 6.45) is 0. The second kappa shape index (κ2) is 9.52. The summed E-state index contributed by atoms with van der Waals surface area (Å²) >= 11 is 6.19. The van der Waals surface area contributed by atoms with E-state index >= 15 is 0 Å². The summed E-state index contributed by atoms with van der Waals surface area (Å²) in [5.41, 5.74) is 1.51. The number of fused-ring (bicyclic) bond motifs is 2. The summed E-state index contributed by atoms with van der Waals surface area (Å²) in [4.78, 5) is 27.5. The van der Waals surface area contributed by atoms with E-state index in [2.05, 4.69) is 0 Å². The van der Waals surface area contributed by atoms with Crippen LogP contribution in [-0.4, -0.2) is 40.3 Å². The molecule has 1 aliphatic heterocycles. The first-order valence-electron chi connectivity index (χ1n) is 10.2. The van der Waals surface area contributed by atoms with Crippen LogP contribution in [0.25, 0.3) is 0 Å². The van der Waals surface area contributed by atoms with Gasteiger partial charge in [0.15, 0.2) is 5.75 Å². The lowest BCUT2D eigenvalue weighted by molar-refractivity contribution is 0.0600. The Morgan fingerprint density at radius 1 is 0.912 bits per heavy atom. The number of methoxy groups -OCH3 is 4. The number of halogens is 1. The van der Waals surface area contributed by atoms with Crippen molar-refractivity contribution in [2.45, 2.75) is 6.54 Å². The molecule has 0 aliphatic carbocycles. The molecule has 0 bridgehead atoms. The van der Waals surface area contributed by atoms with E-state index in [0.717, 1.165) is 0 Å². The molecule has 3 aromatic rings. The van der Waals surface area contributed by atoms with E-state index in [1.165, 1.54) is 33.3 Å². The van der Waals surface area contributed by atoms with Crippen LogP contribution < -0.4 is 23.8 Å². The Hall–Kier alpha value is -3.91. The van der Waals surface area contributed by atoms with E-state index in [4.69, 9.17) is 35.3 Å². The van der Waals surface area contributed by atoms with Gasteiger partial charge in [0, 0.05) is 17.2 Å². The van der Waals surface area contributed by atoms with Crippen molar-refractivity contribution < 1.29 is 33.3 Å². The van der Waals surface area contributed by atoms with Gasteiger partial charge >= 0.3 is 5.97 Å². The summed E-state index contributed by atoms with van der Waals surface area (Å²) in [5.74, 6) is 1.27. The molecular formula is C25H22ClNO7. The maximum absolute atomic E-state index is 13.8. The summed E-state index contributed by atoms with van der Waals surface area (Å²) in [7, 11) is 5.86. The van der Waals surface area contributed by atoms with Gasteiger partial charge in [0.25, 0.3) is 5.91 Å². The molecule has 0 aromatic heterocycles. The van der Waals surface area contributed by atoms with E-state index < -0.39 is 5.97 Å². The molecular weight excluding hydrogens is 462 g/mol. The fourth-order valence-corrected chi connectivity index (χ4v) is 3.91. The van der Waals surface area contributed by atoms with Gasteiger partial charge in [0.2, 0.25) is 0 Å². The van der Waals surface area contributed by atoms with Crippen molar-refractivity contribution in [2.75, 3.05) is 33.3 Å². The smallest absolute Gasteiger partial charge is 0.337 e. The summed E-state index contributed by atoms with van der Waals surface area (Å²) in [6.45, 7) is 0.0438. The molecule has 1 heterocycles. The van der Waals surface area contributed by atoms with Gasteiger partial charge in [-0.1, -0.05) is 11.6 Å². The van der Waals surface area contributed by atoms with Crippen molar-refractivity contribution in [3.8, 4) is 28.7 Å². The SMILES string of the molecule is COC(=O)c1ccc2c(c1)N(Cc1c(OC)cc(OC)cc1OC)C(=O)c1cc(Cl)ccc1O2. The topological polar surface area (TPSA) is 83.5 Å². The number of hydrogen-bond donors (Lipinski definition) is 0. The van der Waals surface area contributed by atoms with Gasteiger partial charge in [-0.15, -0.1) is 0 Å². The average Bonchev–Trinajstić information content (AvgIpc) is 2.97. The maximum Gasteiger partial charge on any atom is 0.337 e. The Labute approximate surface area is 201 Å². The van der Waals surface area contributed by atoms with Crippen molar-refractivity contribution in [3.05, 3.63) is 70.2 Å². The van der Waals surface area contributed by atoms with Crippen LogP contribution in [-0.2, 0) is 11.3 Å². The Morgan fingerprint density at radius 3 is 2.21 bits per heavy atom. The maximum atomic E-state index is 13.8. The molecule has 3 aromatic carbocycles. The third-order valence-corrected chi connectivity index (χ3v) is 5.68. The Balaban J connectivity index is 1.92. The molecule has 1 amide bonds. The molecule has 4 rings (SSSR count). The third kappa shape index (κ3) is 4.20. The second-order valence-electron chi connectivity index (χ2n) is 7.32. The van der Waals surface area contributed by atoms with Crippen LogP contribution in [0, 0.1) is 0 Å². The standard InChI is InChI=1S/C25H22ClNO7/c1-30-16-11-22(31-2)18(23(12-16)32-3)13-27-19-9-14(25(29)33-4)5-7-21(19)34-20-8-6-15(26)10-17(20)24(27)28/h5-12H,13H2,1-4H3. The highest BCUT2D eigenvalue weighted by Gasteiger charge is 2.31. The quantitative estimate of drug-likeness (QED) is 0.451.